The predicted molar refractivity (Wildman–Crippen MR) is 120 cm³/mol. The molecule has 2 atom stereocenters. The van der Waals surface area contributed by atoms with Crippen LogP contribution in [0.15, 0.2) is 60.7 Å². The lowest BCUT2D eigenvalue weighted by Gasteiger charge is -2.38. The van der Waals surface area contributed by atoms with Gasteiger partial charge < -0.3 is 14.8 Å². The maximum Gasteiger partial charge on any atom is 0.261 e. The predicted octanol–water partition coefficient (Wildman–Crippen LogP) is 5.72. The summed E-state index contributed by atoms with van der Waals surface area (Å²) < 4.78 is 12.2. The average Bonchev–Trinajstić information content (AvgIpc) is 2.70. The van der Waals surface area contributed by atoms with E-state index in [4.69, 9.17) is 9.47 Å². The summed E-state index contributed by atoms with van der Waals surface area (Å²) in [7, 11) is 0. The Bertz CT molecular complexity index is 1070. The van der Waals surface area contributed by atoms with E-state index < -0.39 is 6.10 Å². The maximum atomic E-state index is 13.1. The summed E-state index contributed by atoms with van der Waals surface area (Å²) in [5.74, 6) is 1.46. The zero-order chi connectivity index (χ0) is 21.3. The first-order chi connectivity index (χ1) is 14.3. The van der Waals surface area contributed by atoms with Crippen LogP contribution in [0.1, 0.15) is 50.8 Å². The molecule has 0 saturated carbocycles. The molecule has 3 aromatic rings. The molecule has 0 spiro atoms. The Morgan fingerprint density at radius 1 is 1.13 bits per heavy atom. The van der Waals surface area contributed by atoms with Crippen molar-refractivity contribution in [1.29, 1.82) is 0 Å². The fourth-order valence-electron chi connectivity index (χ4n) is 4.08. The van der Waals surface area contributed by atoms with Crippen molar-refractivity contribution in [1.82, 2.24) is 5.32 Å². The van der Waals surface area contributed by atoms with Crippen molar-refractivity contribution in [2.45, 2.75) is 58.3 Å². The smallest absolute Gasteiger partial charge is 0.261 e. The number of rotatable bonds is 5. The molecule has 1 heterocycles. The lowest BCUT2D eigenvalue weighted by atomic mass is 9.89. The van der Waals surface area contributed by atoms with Crippen LogP contribution in [0.4, 0.5) is 0 Å². The highest BCUT2D eigenvalue weighted by molar-refractivity contribution is 5.84. The highest BCUT2D eigenvalue weighted by atomic mass is 16.5. The van der Waals surface area contributed by atoms with Gasteiger partial charge in [-0.15, -0.1) is 0 Å². The van der Waals surface area contributed by atoms with E-state index in [1.54, 1.807) is 0 Å². The van der Waals surface area contributed by atoms with Gasteiger partial charge in [-0.25, -0.2) is 0 Å². The summed E-state index contributed by atoms with van der Waals surface area (Å²) in [4.78, 5) is 13.1. The van der Waals surface area contributed by atoms with E-state index in [-0.39, 0.29) is 17.6 Å². The van der Waals surface area contributed by atoms with Crippen molar-refractivity contribution in [3.8, 4) is 11.5 Å². The summed E-state index contributed by atoms with van der Waals surface area (Å²) >= 11 is 0. The molecule has 1 N–H and O–H groups in total. The summed E-state index contributed by atoms with van der Waals surface area (Å²) in [5.41, 5.74) is 1.82. The first kappa shape index (κ1) is 20.3. The van der Waals surface area contributed by atoms with Gasteiger partial charge in [0.15, 0.2) is 6.10 Å². The van der Waals surface area contributed by atoms with E-state index in [1.165, 1.54) is 0 Å². The molecule has 0 saturated heterocycles. The number of ether oxygens (including phenoxy) is 2. The number of benzene rings is 3. The van der Waals surface area contributed by atoms with Crippen LogP contribution in [0.2, 0.25) is 0 Å². The number of fused-ring (bicyclic) bond motifs is 2. The summed E-state index contributed by atoms with van der Waals surface area (Å²) in [6, 6.07) is 20.1. The Morgan fingerprint density at radius 2 is 1.90 bits per heavy atom. The minimum atomic E-state index is -0.550. The Balaban J connectivity index is 1.52. The van der Waals surface area contributed by atoms with E-state index >= 15 is 0 Å². The minimum Gasteiger partial charge on any atom is -0.487 e. The van der Waals surface area contributed by atoms with E-state index in [1.807, 2.05) is 56.3 Å². The Labute approximate surface area is 178 Å². The molecular formula is C26H29NO3. The van der Waals surface area contributed by atoms with Gasteiger partial charge in [0.25, 0.3) is 5.91 Å². The van der Waals surface area contributed by atoms with Crippen molar-refractivity contribution in [3.05, 3.63) is 71.8 Å². The van der Waals surface area contributed by atoms with Gasteiger partial charge in [-0.3, -0.25) is 4.79 Å². The molecule has 1 aliphatic rings. The minimum absolute atomic E-state index is 0.0973. The second-order valence-electron chi connectivity index (χ2n) is 8.69. The first-order valence-corrected chi connectivity index (χ1v) is 10.6. The third-order valence-electron chi connectivity index (χ3n) is 5.61. The van der Waals surface area contributed by atoms with Gasteiger partial charge in [-0.05, 0) is 61.7 Å². The molecule has 0 fully saturated rings. The zero-order valence-electron chi connectivity index (χ0n) is 18.1. The molecule has 4 heteroatoms. The fourth-order valence-corrected chi connectivity index (χ4v) is 4.08. The summed E-state index contributed by atoms with van der Waals surface area (Å²) in [6.45, 7) is 8.13. The normalized spacial score (nSPS) is 18.2. The number of aryl methyl sites for hydroxylation is 1. The molecule has 3 aromatic carbocycles. The van der Waals surface area contributed by atoms with Crippen LogP contribution in [0, 0.1) is 6.92 Å². The van der Waals surface area contributed by atoms with Crippen LogP contribution in [0.3, 0.4) is 0 Å². The first-order valence-electron chi connectivity index (χ1n) is 10.6. The molecule has 1 aliphatic heterocycles. The number of carbonyl (C=O) groups is 1. The van der Waals surface area contributed by atoms with Gasteiger partial charge in [-0.2, -0.15) is 0 Å². The Kier molecular flexibility index (Phi) is 5.42. The standard InChI is InChI=1S/C26H29NO3/c1-5-23(29-20-12-11-18-8-6-7-9-19(18)15-20)25(28)27-22-16-26(3,4)30-24-14-17(2)10-13-21(22)24/h6-15,22-23H,5,16H2,1-4H3,(H,27,28)/t22-,23+/m1/s1. The van der Waals surface area contributed by atoms with Gasteiger partial charge in [0.05, 0.1) is 6.04 Å². The lowest BCUT2D eigenvalue weighted by molar-refractivity contribution is -0.129. The van der Waals surface area contributed by atoms with Crippen LogP contribution in [0.5, 0.6) is 11.5 Å². The maximum absolute atomic E-state index is 13.1. The van der Waals surface area contributed by atoms with Gasteiger partial charge in [0.2, 0.25) is 0 Å². The number of amides is 1. The van der Waals surface area contributed by atoms with Gasteiger partial charge in [0.1, 0.15) is 17.1 Å². The number of hydrogen-bond acceptors (Lipinski definition) is 3. The Morgan fingerprint density at radius 3 is 2.67 bits per heavy atom. The van der Waals surface area contributed by atoms with Gasteiger partial charge in [-0.1, -0.05) is 49.4 Å². The largest absolute Gasteiger partial charge is 0.487 e. The molecule has 0 aromatic heterocycles. The van der Waals surface area contributed by atoms with Crippen molar-refractivity contribution >= 4 is 16.7 Å². The number of carbonyl (C=O) groups excluding carboxylic acids is 1. The molecular weight excluding hydrogens is 374 g/mol. The number of hydrogen-bond donors (Lipinski definition) is 1. The second-order valence-corrected chi connectivity index (χ2v) is 8.69. The third-order valence-corrected chi connectivity index (χ3v) is 5.61. The Hall–Kier alpha value is -3.01. The summed E-state index contributed by atoms with van der Waals surface area (Å²) in [6.07, 6.45) is 0.749. The number of nitrogens with one attached hydrogen (secondary N) is 1. The van der Waals surface area contributed by atoms with E-state index in [2.05, 4.69) is 37.4 Å². The van der Waals surface area contributed by atoms with Crippen LogP contribution in [0.25, 0.3) is 10.8 Å². The molecule has 0 radical (unpaired) electrons. The monoisotopic (exact) mass is 403 g/mol. The fraction of sp³-hybridized carbons (Fsp3) is 0.346. The molecule has 4 nitrogen and oxygen atoms in total. The van der Waals surface area contributed by atoms with E-state index in [9.17, 15) is 4.79 Å². The molecule has 0 bridgehead atoms. The van der Waals surface area contributed by atoms with Crippen molar-refractivity contribution < 1.29 is 14.3 Å². The lowest BCUT2D eigenvalue weighted by Crippen LogP contribution is -2.45. The molecule has 156 valence electrons. The quantitative estimate of drug-likeness (QED) is 0.592. The zero-order valence-corrected chi connectivity index (χ0v) is 18.1. The topological polar surface area (TPSA) is 47.6 Å². The highest BCUT2D eigenvalue weighted by Gasteiger charge is 2.35. The van der Waals surface area contributed by atoms with Crippen molar-refractivity contribution in [2.75, 3.05) is 0 Å². The van der Waals surface area contributed by atoms with E-state index in [0.29, 0.717) is 18.6 Å². The summed E-state index contributed by atoms with van der Waals surface area (Å²) in [5, 5.41) is 5.46. The second kappa shape index (κ2) is 8.02. The van der Waals surface area contributed by atoms with Gasteiger partial charge >= 0.3 is 0 Å². The van der Waals surface area contributed by atoms with Gasteiger partial charge in [0, 0.05) is 12.0 Å². The molecule has 0 aliphatic carbocycles. The highest BCUT2D eigenvalue weighted by Crippen LogP contribution is 2.40. The average molecular weight is 404 g/mol. The molecule has 1 amide bonds. The molecule has 4 rings (SSSR count). The van der Waals surface area contributed by atoms with Crippen LogP contribution < -0.4 is 14.8 Å². The van der Waals surface area contributed by atoms with Crippen molar-refractivity contribution in [2.24, 2.45) is 0 Å². The van der Waals surface area contributed by atoms with Crippen molar-refractivity contribution in [3.63, 3.8) is 0 Å². The molecule has 0 unspecified atom stereocenters. The molecule has 30 heavy (non-hydrogen) atoms. The van der Waals surface area contributed by atoms with Crippen LogP contribution in [-0.4, -0.2) is 17.6 Å². The van der Waals surface area contributed by atoms with Crippen LogP contribution >= 0.6 is 0 Å². The third kappa shape index (κ3) is 4.28. The SMILES string of the molecule is CC[C@H](Oc1ccc2ccccc2c1)C(=O)N[C@@H]1CC(C)(C)Oc2cc(C)ccc21. The van der Waals surface area contributed by atoms with E-state index in [0.717, 1.165) is 27.6 Å². The van der Waals surface area contributed by atoms with Crippen LogP contribution in [-0.2, 0) is 4.79 Å².